The van der Waals surface area contributed by atoms with Crippen molar-refractivity contribution in [2.45, 2.75) is 6.10 Å². The van der Waals surface area contributed by atoms with E-state index in [1.54, 1.807) is 12.1 Å². The number of aliphatic hydroxyl groups excluding tert-OH is 2. The van der Waals surface area contributed by atoms with Crippen LogP contribution in [-0.4, -0.2) is 76.0 Å². The molecular formula is C21H26N4O4S. The van der Waals surface area contributed by atoms with Crippen LogP contribution in [0.2, 0.25) is 0 Å². The lowest BCUT2D eigenvalue weighted by Crippen LogP contribution is -2.44. The zero-order valence-corrected chi connectivity index (χ0v) is 17.6. The lowest BCUT2D eigenvalue weighted by atomic mass is 10.1. The molecule has 0 amide bonds. The minimum Gasteiger partial charge on any atom is -0.394 e. The first-order chi connectivity index (χ1) is 14.3. The van der Waals surface area contributed by atoms with Gasteiger partial charge in [-0.25, -0.2) is 13.1 Å². The molecule has 0 bridgehead atoms. The van der Waals surface area contributed by atoms with Crippen LogP contribution in [0.3, 0.4) is 0 Å². The lowest BCUT2D eigenvalue weighted by Gasteiger charge is -2.34. The van der Waals surface area contributed by atoms with Gasteiger partial charge in [0, 0.05) is 38.4 Å². The molecule has 0 spiro atoms. The van der Waals surface area contributed by atoms with Crippen molar-refractivity contribution < 1.29 is 18.6 Å². The second-order valence-electron chi connectivity index (χ2n) is 7.39. The largest absolute Gasteiger partial charge is 0.394 e. The molecule has 3 rings (SSSR count). The van der Waals surface area contributed by atoms with Gasteiger partial charge in [-0.3, -0.25) is 0 Å². The number of allylic oxidation sites excluding steroid dienone is 1. The summed E-state index contributed by atoms with van der Waals surface area (Å²) in [7, 11) is -1.97. The van der Waals surface area contributed by atoms with E-state index in [2.05, 4.69) is 33.7 Å². The molecule has 9 heteroatoms. The molecule has 1 atom stereocenters. The first-order valence-corrected chi connectivity index (χ1v) is 11.2. The van der Waals surface area contributed by atoms with Crippen LogP contribution in [0, 0.1) is 11.3 Å². The Balaban J connectivity index is 1.82. The summed E-state index contributed by atoms with van der Waals surface area (Å²) in [5.74, 6) is 0. The molecule has 1 fully saturated rings. The van der Waals surface area contributed by atoms with Crippen LogP contribution in [-0.2, 0) is 10.0 Å². The van der Waals surface area contributed by atoms with E-state index in [1.807, 2.05) is 18.2 Å². The minimum atomic E-state index is -4.09. The van der Waals surface area contributed by atoms with Crippen molar-refractivity contribution in [1.29, 1.82) is 5.26 Å². The molecule has 0 saturated carbocycles. The third-order valence-electron chi connectivity index (χ3n) is 5.13. The second-order valence-corrected chi connectivity index (χ2v) is 9.13. The van der Waals surface area contributed by atoms with Gasteiger partial charge in [0.1, 0.15) is 6.07 Å². The van der Waals surface area contributed by atoms with Crippen molar-refractivity contribution in [2.75, 3.05) is 51.3 Å². The fourth-order valence-electron chi connectivity index (χ4n) is 3.27. The topological polar surface area (TPSA) is 117 Å². The van der Waals surface area contributed by atoms with E-state index < -0.39 is 27.6 Å². The first-order valence-electron chi connectivity index (χ1n) is 9.70. The second kappa shape index (κ2) is 9.55. The molecule has 2 aromatic rings. The number of hydrogen-bond acceptors (Lipinski definition) is 7. The summed E-state index contributed by atoms with van der Waals surface area (Å²) in [6.07, 6.45) is 0.0662. The van der Waals surface area contributed by atoms with E-state index >= 15 is 0 Å². The van der Waals surface area contributed by atoms with Crippen molar-refractivity contribution in [1.82, 2.24) is 9.62 Å². The van der Waals surface area contributed by atoms with Gasteiger partial charge >= 0.3 is 0 Å². The summed E-state index contributed by atoms with van der Waals surface area (Å²) in [6, 6.07) is 13.4. The number of nitrogens with zero attached hydrogens (tertiary/aromatic N) is 3. The van der Waals surface area contributed by atoms with E-state index in [-0.39, 0.29) is 6.54 Å². The quantitative estimate of drug-likeness (QED) is 0.555. The van der Waals surface area contributed by atoms with Crippen LogP contribution < -0.4 is 9.62 Å². The van der Waals surface area contributed by atoms with Crippen LogP contribution >= 0.6 is 0 Å². The number of aliphatic hydroxyl groups is 2. The monoisotopic (exact) mass is 430 g/mol. The van der Waals surface area contributed by atoms with Gasteiger partial charge in [-0.2, -0.15) is 5.26 Å². The van der Waals surface area contributed by atoms with E-state index in [4.69, 9.17) is 5.11 Å². The van der Waals surface area contributed by atoms with Gasteiger partial charge in [0.05, 0.1) is 12.7 Å². The maximum Gasteiger partial charge on any atom is 0.250 e. The molecule has 0 radical (unpaired) electrons. The Morgan fingerprint density at radius 1 is 1.20 bits per heavy atom. The normalized spacial score (nSPS) is 17.1. The summed E-state index contributed by atoms with van der Waals surface area (Å²) in [5.41, 5.74) is 1.74. The Morgan fingerprint density at radius 2 is 1.87 bits per heavy atom. The van der Waals surface area contributed by atoms with E-state index in [0.29, 0.717) is 5.56 Å². The highest BCUT2D eigenvalue weighted by atomic mass is 32.2. The summed E-state index contributed by atoms with van der Waals surface area (Å²) in [5, 5.41) is 29.4. The number of nitriles is 1. The number of hydrogen-bond donors (Lipinski definition) is 3. The molecule has 1 aliphatic rings. The molecule has 1 aliphatic heterocycles. The molecular weight excluding hydrogens is 404 g/mol. The highest BCUT2D eigenvalue weighted by molar-refractivity contribution is 7.93. The van der Waals surface area contributed by atoms with Crippen molar-refractivity contribution >= 4 is 32.6 Å². The number of anilines is 1. The van der Waals surface area contributed by atoms with Crippen molar-refractivity contribution in [2.24, 2.45) is 0 Å². The number of fused-ring (bicyclic) bond motifs is 1. The molecule has 2 aromatic carbocycles. The summed E-state index contributed by atoms with van der Waals surface area (Å²) < 4.78 is 26.7. The van der Waals surface area contributed by atoms with E-state index in [1.165, 1.54) is 6.08 Å². The number of sulfonamides is 1. The highest BCUT2D eigenvalue weighted by Gasteiger charge is 2.19. The maximum absolute atomic E-state index is 12.3. The van der Waals surface area contributed by atoms with Gasteiger partial charge in [-0.1, -0.05) is 18.2 Å². The summed E-state index contributed by atoms with van der Waals surface area (Å²) in [6.45, 7) is 3.06. The van der Waals surface area contributed by atoms with E-state index in [0.717, 1.165) is 42.6 Å². The third kappa shape index (κ3) is 5.36. The summed E-state index contributed by atoms with van der Waals surface area (Å²) in [4.78, 5) is 4.19. The molecule has 160 valence electrons. The zero-order chi connectivity index (χ0) is 21.7. The van der Waals surface area contributed by atoms with E-state index in [9.17, 15) is 18.8 Å². The van der Waals surface area contributed by atoms with Crippen LogP contribution in [0.4, 0.5) is 5.69 Å². The number of likely N-dealkylation sites (N-methyl/N-ethyl adjacent to an activating group) is 1. The minimum absolute atomic E-state index is 0.370. The Hall–Kier alpha value is -2.48. The van der Waals surface area contributed by atoms with Crippen molar-refractivity contribution in [3.8, 4) is 6.07 Å². The SMILES string of the molecule is CN1CCN(c2ccc3cc(/C=C(\C#N)S(=O)(=O)NCC(O)CO)ccc3c2)CC1. The Kier molecular flexibility index (Phi) is 7.07. The van der Waals surface area contributed by atoms with Gasteiger partial charge < -0.3 is 20.0 Å². The molecule has 1 saturated heterocycles. The average Bonchev–Trinajstić information content (AvgIpc) is 2.75. The Bertz CT molecular complexity index is 1070. The molecule has 1 unspecified atom stereocenters. The summed E-state index contributed by atoms with van der Waals surface area (Å²) >= 11 is 0. The number of piperazine rings is 1. The number of rotatable bonds is 7. The molecule has 8 nitrogen and oxygen atoms in total. The fraction of sp³-hybridized carbons (Fsp3) is 0.381. The Labute approximate surface area is 176 Å². The standard InChI is InChI=1S/C21H26N4O4S/c1-24-6-8-25(9-7-24)19-5-4-17-10-16(2-3-18(17)12-19)11-21(13-22)30(28,29)23-14-20(27)15-26/h2-5,10-12,20,23,26-27H,6-9,14-15H2,1H3/b21-11+. The predicted octanol–water partition coefficient (Wildman–Crippen LogP) is 0.729. The zero-order valence-electron chi connectivity index (χ0n) is 16.8. The predicted molar refractivity (Wildman–Crippen MR) is 117 cm³/mol. The molecule has 1 heterocycles. The average molecular weight is 431 g/mol. The maximum atomic E-state index is 12.3. The fourth-order valence-corrected chi connectivity index (χ4v) is 4.25. The van der Waals surface area contributed by atoms with Gasteiger partial charge in [0.15, 0.2) is 4.91 Å². The third-order valence-corrected chi connectivity index (χ3v) is 6.47. The van der Waals surface area contributed by atoms with Crippen LogP contribution in [0.5, 0.6) is 0 Å². The van der Waals surface area contributed by atoms with Crippen molar-refractivity contribution in [3.63, 3.8) is 0 Å². The van der Waals surface area contributed by atoms with Gasteiger partial charge in [0.25, 0.3) is 10.0 Å². The highest BCUT2D eigenvalue weighted by Crippen LogP contribution is 2.25. The van der Waals surface area contributed by atoms with Crippen LogP contribution in [0.25, 0.3) is 16.8 Å². The van der Waals surface area contributed by atoms with Crippen LogP contribution in [0.1, 0.15) is 5.56 Å². The van der Waals surface area contributed by atoms with Gasteiger partial charge in [-0.05, 0) is 47.7 Å². The van der Waals surface area contributed by atoms with Gasteiger partial charge in [0.2, 0.25) is 0 Å². The molecule has 0 aromatic heterocycles. The van der Waals surface area contributed by atoms with Crippen LogP contribution in [0.15, 0.2) is 41.3 Å². The Morgan fingerprint density at radius 3 is 2.53 bits per heavy atom. The van der Waals surface area contributed by atoms with Gasteiger partial charge in [-0.15, -0.1) is 0 Å². The molecule has 3 N–H and O–H groups in total. The van der Waals surface area contributed by atoms with Crippen molar-refractivity contribution in [3.05, 3.63) is 46.9 Å². The lowest BCUT2D eigenvalue weighted by molar-refractivity contribution is 0.0989. The smallest absolute Gasteiger partial charge is 0.250 e. The molecule has 0 aliphatic carbocycles. The number of benzene rings is 2. The number of nitrogens with one attached hydrogen (secondary N) is 1. The molecule has 30 heavy (non-hydrogen) atoms. The first kappa shape index (κ1) is 22.2.